The lowest BCUT2D eigenvalue weighted by Gasteiger charge is -2.17. The Hall–Kier alpha value is -8.28. The summed E-state index contributed by atoms with van der Waals surface area (Å²) in [5.41, 5.74) is 18.6. The van der Waals surface area contributed by atoms with Crippen molar-refractivity contribution in [1.82, 2.24) is 24.5 Å². The van der Waals surface area contributed by atoms with Crippen molar-refractivity contribution in [2.75, 3.05) is 0 Å². The first-order chi connectivity index (χ1) is 31.4. The van der Waals surface area contributed by atoms with Crippen molar-refractivity contribution in [3.05, 3.63) is 223 Å². The number of hydrogen-bond donors (Lipinski definition) is 0. The largest absolute Gasteiger partial charge is 0.308 e. The number of fused-ring (bicyclic) bond motifs is 3. The summed E-state index contributed by atoms with van der Waals surface area (Å²) in [7, 11) is 0. The SMILES string of the molecule is Cc1cc(C)c(-c2ccc3c4ccccc4n(-c4ccc(-c5cc(-c6ccccc6)nc(-c6ccccc6)n5)cc4-c4nc(-c5ccccc5)cc(-c5ccccc5)n4)c3c2)c(C)c1. The first-order valence-electron chi connectivity index (χ1n) is 21.7. The van der Waals surface area contributed by atoms with Crippen molar-refractivity contribution in [1.29, 1.82) is 0 Å². The van der Waals surface area contributed by atoms with Crippen molar-refractivity contribution in [2.24, 2.45) is 0 Å². The summed E-state index contributed by atoms with van der Waals surface area (Å²) in [6.45, 7) is 6.60. The standard InChI is InChI=1S/C59H43N5/c1-38-32-39(2)57(40(3)33-38)46-28-30-48-47-26-16-17-27-54(47)64(56(48)35-46)55-31-29-45(53-37-50(41-18-8-4-9-19-41)60-58(61-53)44-24-14-7-15-25-44)34-49(55)59-62-51(42-20-10-5-11-21-42)36-52(63-59)43-22-12-6-13-23-43/h4-37H,1-3H3. The van der Waals surface area contributed by atoms with Crippen molar-refractivity contribution in [3.8, 4) is 84.6 Å². The maximum atomic E-state index is 5.43. The molecule has 0 bridgehead atoms. The van der Waals surface area contributed by atoms with Gasteiger partial charge in [-0.05, 0) is 79.4 Å². The monoisotopic (exact) mass is 821 g/mol. The van der Waals surface area contributed by atoms with Gasteiger partial charge in [-0.2, -0.15) is 0 Å². The summed E-state index contributed by atoms with van der Waals surface area (Å²) >= 11 is 0. The summed E-state index contributed by atoms with van der Waals surface area (Å²) in [5, 5.41) is 2.35. The highest BCUT2D eigenvalue weighted by Gasteiger charge is 2.22. The molecular formula is C59H43N5. The predicted molar refractivity (Wildman–Crippen MR) is 264 cm³/mol. The third kappa shape index (κ3) is 7.13. The zero-order valence-electron chi connectivity index (χ0n) is 35.9. The molecule has 0 saturated carbocycles. The number of nitrogens with zero attached hydrogens (tertiary/aromatic N) is 5. The lowest BCUT2D eigenvalue weighted by molar-refractivity contribution is 1.13. The van der Waals surface area contributed by atoms with E-state index in [1.54, 1.807) is 0 Å². The topological polar surface area (TPSA) is 56.5 Å². The van der Waals surface area contributed by atoms with Crippen molar-refractivity contribution in [3.63, 3.8) is 0 Å². The second kappa shape index (κ2) is 16.2. The summed E-state index contributed by atoms with van der Waals surface area (Å²) in [6, 6.07) is 72.2. The molecule has 3 heterocycles. The Morgan fingerprint density at radius 1 is 0.328 bits per heavy atom. The number of hydrogen-bond acceptors (Lipinski definition) is 4. The zero-order valence-corrected chi connectivity index (χ0v) is 35.9. The van der Waals surface area contributed by atoms with E-state index in [4.69, 9.17) is 19.9 Å². The van der Waals surface area contributed by atoms with Gasteiger partial charge in [0.15, 0.2) is 11.6 Å². The van der Waals surface area contributed by atoms with Crippen LogP contribution in [0.4, 0.5) is 0 Å². The van der Waals surface area contributed by atoms with Crippen molar-refractivity contribution < 1.29 is 0 Å². The van der Waals surface area contributed by atoms with E-state index in [0.717, 1.165) is 72.9 Å². The van der Waals surface area contributed by atoms with Crippen molar-refractivity contribution in [2.45, 2.75) is 20.8 Å². The first kappa shape index (κ1) is 38.6. The Labute approximate surface area is 373 Å². The van der Waals surface area contributed by atoms with Gasteiger partial charge in [0.05, 0.1) is 39.5 Å². The van der Waals surface area contributed by atoms with Crippen LogP contribution in [0.15, 0.2) is 206 Å². The molecule has 64 heavy (non-hydrogen) atoms. The van der Waals surface area contributed by atoms with E-state index in [2.05, 4.69) is 183 Å². The van der Waals surface area contributed by atoms with Gasteiger partial charge in [-0.25, -0.2) is 19.9 Å². The van der Waals surface area contributed by atoms with E-state index in [9.17, 15) is 0 Å². The zero-order chi connectivity index (χ0) is 43.1. The molecule has 0 aliphatic carbocycles. The number of aryl methyl sites for hydroxylation is 3. The van der Waals surface area contributed by atoms with Crippen LogP contribution in [0.1, 0.15) is 16.7 Å². The Morgan fingerprint density at radius 3 is 1.34 bits per heavy atom. The normalized spacial score (nSPS) is 11.4. The van der Waals surface area contributed by atoms with Gasteiger partial charge in [0, 0.05) is 44.2 Å². The van der Waals surface area contributed by atoms with Crippen LogP contribution in [0, 0.1) is 20.8 Å². The van der Waals surface area contributed by atoms with Gasteiger partial charge >= 0.3 is 0 Å². The van der Waals surface area contributed by atoms with E-state index >= 15 is 0 Å². The predicted octanol–water partition coefficient (Wildman–Crippen LogP) is 15.0. The molecule has 0 unspecified atom stereocenters. The van der Waals surface area contributed by atoms with Gasteiger partial charge < -0.3 is 4.57 Å². The van der Waals surface area contributed by atoms with Gasteiger partial charge in [0.1, 0.15) is 0 Å². The quantitative estimate of drug-likeness (QED) is 0.153. The highest BCUT2D eigenvalue weighted by Crippen LogP contribution is 2.41. The number of rotatable bonds is 8. The Morgan fingerprint density at radius 2 is 0.781 bits per heavy atom. The molecular weight excluding hydrogens is 779 g/mol. The minimum Gasteiger partial charge on any atom is -0.308 e. The summed E-state index contributed by atoms with van der Waals surface area (Å²) in [6.07, 6.45) is 0. The summed E-state index contributed by atoms with van der Waals surface area (Å²) < 4.78 is 2.40. The lowest BCUT2D eigenvalue weighted by atomic mass is 9.93. The van der Waals surface area contributed by atoms with Gasteiger partial charge in [0.2, 0.25) is 0 Å². The molecule has 0 atom stereocenters. The lowest BCUT2D eigenvalue weighted by Crippen LogP contribution is -2.03. The van der Waals surface area contributed by atoms with Crippen LogP contribution in [0.25, 0.3) is 106 Å². The number of aromatic nitrogens is 5. The second-order valence-corrected chi connectivity index (χ2v) is 16.5. The summed E-state index contributed by atoms with van der Waals surface area (Å²) in [4.78, 5) is 21.2. The molecule has 304 valence electrons. The molecule has 11 aromatic rings. The van der Waals surface area contributed by atoms with Gasteiger partial charge in [-0.1, -0.05) is 175 Å². The fourth-order valence-corrected chi connectivity index (χ4v) is 9.24. The fourth-order valence-electron chi connectivity index (χ4n) is 9.24. The molecule has 5 heteroatoms. The third-order valence-corrected chi connectivity index (χ3v) is 12.1. The Kier molecular flexibility index (Phi) is 9.78. The van der Waals surface area contributed by atoms with Crippen LogP contribution >= 0.6 is 0 Å². The smallest absolute Gasteiger partial charge is 0.162 e. The molecule has 0 saturated heterocycles. The van der Waals surface area contributed by atoms with E-state index in [-0.39, 0.29) is 0 Å². The van der Waals surface area contributed by atoms with E-state index in [1.807, 2.05) is 48.5 Å². The van der Waals surface area contributed by atoms with Gasteiger partial charge in [0.25, 0.3) is 0 Å². The van der Waals surface area contributed by atoms with Gasteiger partial charge in [-0.3, -0.25) is 0 Å². The van der Waals surface area contributed by atoms with Gasteiger partial charge in [-0.15, -0.1) is 0 Å². The summed E-state index contributed by atoms with van der Waals surface area (Å²) in [5.74, 6) is 1.28. The first-order valence-corrected chi connectivity index (χ1v) is 21.7. The van der Waals surface area contributed by atoms with E-state index in [1.165, 1.54) is 38.6 Å². The van der Waals surface area contributed by atoms with Crippen LogP contribution in [-0.4, -0.2) is 24.5 Å². The molecule has 0 aliphatic heterocycles. The Balaban J connectivity index is 1.22. The van der Waals surface area contributed by atoms with Crippen LogP contribution < -0.4 is 0 Å². The Bertz CT molecular complexity index is 3370. The maximum absolute atomic E-state index is 5.43. The van der Waals surface area contributed by atoms with Crippen LogP contribution in [0.3, 0.4) is 0 Å². The number of benzene rings is 8. The molecule has 0 fully saturated rings. The molecule has 0 aliphatic rings. The molecule has 3 aromatic heterocycles. The average molecular weight is 822 g/mol. The van der Waals surface area contributed by atoms with Crippen LogP contribution in [0.5, 0.6) is 0 Å². The molecule has 0 radical (unpaired) electrons. The molecule has 0 spiro atoms. The van der Waals surface area contributed by atoms with Crippen LogP contribution in [0.2, 0.25) is 0 Å². The minimum atomic E-state index is 0.616. The second-order valence-electron chi connectivity index (χ2n) is 16.5. The third-order valence-electron chi connectivity index (χ3n) is 12.1. The molecule has 8 aromatic carbocycles. The average Bonchev–Trinajstić information content (AvgIpc) is 3.67. The van der Waals surface area contributed by atoms with Crippen molar-refractivity contribution >= 4 is 21.8 Å². The maximum Gasteiger partial charge on any atom is 0.162 e. The number of para-hydroxylation sites is 1. The molecule has 0 N–H and O–H groups in total. The highest BCUT2D eigenvalue weighted by atomic mass is 15.0. The minimum absolute atomic E-state index is 0.616. The molecule has 11 rings (SSSR count). The fraction of sp³-hybridized carbons (Fsp3) is 0.0508. The van der Waals surface area contributed by atoms with E-state index in [0.29, 0.717) is 11.6 Å². The van der Waals surface area contributed by atoms with E-state index < -0.39 is 0 Å². The van der Waals surface area contributed by atoms with Crippen LogP contribution in [-0.2, 0) is 0 Å². The molecule has 0 amide bonds. The molecule has 5 nitrogen and oxygen atoms in total. The highest BCUT2D eigenvalue weighted by molar-refractivity contribution is 6.11.